The molecule has 0 spiro atoms. The summed E-state index contributed by atoms with van der Waals surface area (Å²) in [6, 6.07) is 11.0. The average molecular weight is 422 g/mol. The van der Waals surface area contributed by atoms with Crippen molar-refractivity contribution < 1.29 is 22.7 Å². The minimum absolute atomic E-state index is 0.0263. The van der Waals surface area contributed by atoms with Crippen molar-refractivity contribution >= 4 is 28.1 Å². The van der Waals surface area contributed by atoms with Crippen molar-refractivity contribution in [1.82, 2.24) is 9.88 Å². The molecule has 8 heteroatoms. The van der Waals surface area contributed by atoms with Crippen molar-refractivity contribution in [2.24, 2.45) is 13.0 Å². The summed E-state index contributed by atoms with van der Waals surface area (Å²) in [6.45, 7) is 0.509. The number of hydrogen-bond donors (Lipinski definition) is 1. The van der Waals surface area contributed by atoms with E-state index in [4.69, 9.17) is 4.74 Å². The van der Waals surface area contributed by atoms with Crippen LogP contribution in [0.3, 0.4) is 0 Å². The van der Waals surface area contributed by atoms with E-state index >= 15 is 0 Å². The molecule has 2 aromatic heterocycles. The first-order chi connectivity index (χ1) is 13.7. The first-order valence-corrected chi connectivity index (χ1v) is 10.2. The van der Waals surface area contributed by atoms with Gasteiger partial charge in [-0.15, -0.1) is 11.3 Å². The number of rotatable bonds is 6. The second kappa shape index (κ2) is 7.40. The van der Waals surface area contributed by atoms with E-state index in [1.165, 1.54) is 17.0 Å². The number of amides is 1. The smallest absolute Gasteiger partial charge is 0.422 e. The molecule has 29 heavy (non-hydrogen) atoms. The van der Waals surface area contributed by atoms with Gasteiger partial charge in [0, 0.05) is 34.9 Å². The fourth-order valence-corrected chi connectivity index (χ4v) is 4.54. The van der Waals surface area contributed by atoms with Crippen LogP contribution in [0.1, 0.15) is 35.7 Å². The molecule has 2 heterocycles. The van der Waals surface area contributed by atoms with Gasteiger partial charge in [0.2, 0.25) is 5.91 Å². The molecule has 3 atom stereocenters. The van der Waals surface area contributed by atoms with Gasteiger partial charge in [-0.05, 0) is 43.0 Å². The normalized spacial score (nSPS) is 19.9. The molecule has 0 saturated heterocycles. The molecule has 1 amide bonds. The Balaban J connectivity index is 1.37. The van der Waals surface area contributed by atoms with Gasteiger partial charge >= 0.3 is 6.18 Å². The quantitative estimate of drug-likeness (QED) is 0.596. The summed E-state index contributed by atoms with van der Waals surface area (Å²) in [6.07, 6.45) is -1.47. The number of carbonyl (C=O) groups is 1. The minimum Gasteiger partial charge on any atom is -0.475 e. The van der Waals surface area contributed by atoms with Crippen LogP contribution in [0.25, 0.3) is 10.9 Å². The summed E-state index contributed by atoms with van der Waals surface area (Å²) >= 11 is 1.12. The molecule has 1 aliphatic carbocycles. The van der Waals surface area contributed by atoms with Crippen LogP contribution in [0.2, 0.25) is 0 Å². The van der Waals surface area contributed by atoms with E-state index in [0.29, 0.717) is 0 Å². The fourth-order valence-electron chi connectivity index (χ4n) is 3.69. The van der Waals surface area contributed by atoms with Gasteiger partial charge in [0.05, 0.1) is 6.04 Å². The van der Waals surface area contributed by atoms with Crippen molar-refractivity contribution in [3.63, 3.8) is 0 Å². The zero-order valence-corrected chi connectivity index (χ0v) is 16.8. The molecule has 1 aliphatic rings. The van der Waals surface area contributed by atoms with Crippen LogP contribution in [-0.4, -0.2) is 23.3 Å². The fraction of sp³-hybridized carbons (Fsp3) is 0.381. The number of thiophene rings is 1. The van der Waals surface area contributed by atoms with Crippen molar-refractivity contribution in [2.75, 3.05) is 6.61 Å². The molecular weight excluding hydrogens is 401 g/mol. The lowest BCUT2D eigenvalue weighted by Gasteiger charge is -2.12. The Kier molecular flexibility index (Phi) is 5.06. The van der Waals surface area contributed by atoms with E-state index in [1.54, 1.807) is 6.07 Å². The van der Waals surface area contributed by atoms with Crippen LogP contribution in [0, 0.1) is 5.92 Å². The lowest BCUT2D eigenvalue weighted by molar-refractivity contribution is -0.152. The molecule has 1 fully saturated rings. The third kappa shape index (κ3) is 4.27. The van der Waals surface area contributed by atoms with Gasteiger partial charge in [-0.25, -0.2) is 0 Å². The number of fused-ring (bicyclic) bond motifs is 1. The summed E-state index contributed by atoms with van der Waals surface area (Å²) in [5, 5.41) is 4.35. The molecule has 2 unspecified atom stereocenters. The van der Waals surface area contributed by atoms with E-state index < -0.39 is 12.8 Å². The van der Waals surface area contributed by atoms with Gasteiger partial charge < -0.3 is 14.6 Å². The highest BCUT2D eigenvalue weighted by atomic mass is 32.1. The molecule has 1 saturated carbocycles. The number of alkyl halides is 3. The second-order valence-electron chi connectivity index (χ2n) is 7.45. The summed E-state index contributed by atoms with van der Waals surface area (Å²) in [5.74, 6) is 0.0908. The van der Waals surface area contributed by atoms with Gasteiger partial charge in [0.1, 0.15) is 0 Å². The van der Waals surface area contributed by atoms with Crippen molar-refractivity contribution in [2.45, 2.75) is 31.5 Å². The van der Waals surface area contributed by atoms with Gasteiger partial charge in [-0.1, -0.05) is 18.2 Å². The van der Waals surface area contributed by atoms with Crippen LogP contribution in [-0.2, 0) is 11.8 Å². The third-order valence-electron chi connectivity index (χ3n) is 5.22. The third-order valence-corrected chi connectivity index (χ3v) is 6.40. The lowest BCUT2D eigenvalue weighted by atomic mass is 10.1. The average Bonchev–Trinajstić information content (AvgIpc) is 3.19. The topological polar surface area (TPSA) is 43.3 Å². The molecular formula is C21H21F3N2O2S. The number of hydrogen-bond acceptors (Lipinski definition) is 3. The zero-order valence-electron chi connectivity index (χ0n) is 16.0. The highest BCUT2D eigenvalue weighted by Crippen LogP contribution is 2.50. The largest absolute Gasteiger partial charge is 0.475 e. The van der Waals surface area contributed by atoms with Crippen LogP contribution in [0.5, 0.6) is 5.06 Å². The number of para-hydroxylation sites is 1. The highest BCUT2D eigenvalue weighted by molar-refractivity contribution is 7.13. The maximum atomic E-state index is 12.7. The van der Waals surface area contributed by atoms with Crippen molar-refractivity contribution in [3.05, 3.63) is 53.0 Å². The van der Waals surface area contributed by atoms with Crippen molar-refractivity contribution in [3.8, 4) is 5.06 Å². The Hall–Kier alpha value is -2.48. The standard InChI is InChI=1S/C21H21F3N2O2S/c1-12(18-7-8-19(29-18)28-11-21(22,23)24)25-20(27)15-9-14(15)16-10-26(2)17-6-4-3-5-13(16)17/h3-8,10,12,14-15H,9,11H2,1-2H3,(H,25,27)/t12-,14?,15?/m1/s1. The molecule has 0 bridgehead atoms. The van der Waals surface area contributed by atoms with E-state index in [2.05, 4.69) is 28.2 Å². The predicted molar refractivity (Wildman–Crippen MR) is 106 cm³/mol. The molecule has 154 valence electrons. The zero-order chi connectivity index (χ0) is 20.8. The van der Waals surface area contributed by atoms with E-state index in [9.17, 15) is 18.0 Å². The van der Waals surface area contributed by atoms with Crippen LogP contribution in [0.15, 0.2) is 42.6 Å². The number of aryl methyl sites for hydroxylation is 1. The Bertz CT molecular complexity index is 1040. The van der Waals surface area contributed by atoms with Gasteiger partial charge in [-0.3, -0.25) is 4.79 Å². The summed E-state index contributed by atoms with van der Waals surface area (Å²) in [7, 11) is 2.00. The number of ether oxygens (including phenoxy) is 1. The van der Waals surface area contributed by atoms with Crippen LogP contribution in [0.4, 0.5) is 13.2 Å². The monoisotopic (exact) mass is 422 g/mol. The number of nitrogens with one attached hydrogen (secondary N) is 1. The first kappa shape index (κ1) is 19.8. The van der Waals surface area contributed by atoms with Crippen LogP contribution < -0.4 is 10.1 Å². The maximum Gasteiger partial charge on any atom is 0.422 e. The Morgan fingerprint density at radius 3 is 2.83 bits per heavy atom. The molecule has 1 N–H and O–H groups in total. The summed E-state index contributed by atoms with van der Waals surface area (Å²) in [4.78, 5) is 13.4. The highest BCUT2D eigenvalue weighted by Gasteiger charge is 2.45. The molecule has 0 aliphatic heterocycles. The van der Waals surface area contributed by atoms with Gasteiger partial charge in [0.15, 0.2) is 11.7 Å². The molecule has 1 aromatic carbocycles. The first-order valence-electron chi connectivity index (χ1n) is 9.36. The molecule has 3 aromatic rings. The molecule has 0 radical (unpaired) electrons. The van der Waals surface area contributed by atoms with Gasteiger partial charge in [-0.2, -0.15) is 13.2 Å². The Morgan fingerprint density at radius 2 is 2.07 bits per heavy atom. The van der Waals surface area contributed by atoms with E-state index in [-0.39, 0.29) is 28.8 Å². The number of aromatic nitrogens is 1. The second-order valence-corrected chi connectivity index (χ2v) is 8.53. The molecule has 4 nitrogen and oxygen atoms in total. The predicted octanol–water partition coefficient (Wildman–Crippen LogP) is 5.16. The maximum absolute atomic E-state index is 12.7. The van der Waals surface area contributed by atoms with Crippen molar-refractivity contribution in [1.29, 1.82) is 0 Å². The Morgan fingerprint density at radius 1 is 1.31 bits per heavy atom. The number of benzene rings is 1. The number of carbonyl (C=O) groups excluding carboxylic acids is 1. The summed E-state index contributed by atoms with van der Waals surface area (Å²) < 4.78 is 43.7. The van der Waals surface area contributed by atoms with Crippen LogP contribution >= 0.6 is 11.3 Å². The summed E-state index contributed by atoms with van der Waals surface area (Å²) in [5.41, 5.74) is 2.33. The van der Waals surface area contributed by atoms with Gasteiger partial charge in [0.25, 0.3) is 0 Å². The van der Waals surface area contributed by atoms with E-state index in [1.807, 2.05) is 26.1 Å². The van der Waals surface area contributed by atoms with E-state index in [0.717, 1.165) is 28.2 Å². The SMILES string of the molecule is C[C@@H](NC(=O)C1CC1c1cn(C)c2ccccc12)c1ccc(OCC(F)(F)F)s1. The minimum atomic E-state index is -4.37. The number of halogens is 3. The Labute approximate surface area is 170 Å². The molecule has 4 rings (SSSR count). The number of nitrogens with zero attached hydrogens (tertiary/aromatic N) is 1. The lowest BCUT2D eigenvalue weighted by Crippen LogP contribution is -2.27.